The van der Waals surface area contributed by atoms with Crippen molar-refractivity contribution in [3.8, 4) is 0 Å². The molecule has 21 heavy (non-hydrogen) atoms. The van der Waals surface area contributed by atoms with Gasteiger partial charge >= 0.3 is 0 Å². The molecular weight excluding hydrogens is 262 g/mol. The van der Waals surface area contributed by atoms with Crippen molar-refractivity contribution in [1.29, 1.82) is 0 Å². The fourth-order valence-corrected chi connectivity index (χ4v) is 3.31. The highest BCUT2D eigenvalue weighted by molar-refractivity contribution is 5.82. The summed E-state index contributed by atoms with van der Waals surface area (Å²) in [7, 11) is 4.35. The van der Waals surface area contributed by atoms with Gasteiger partial charge in [-0.2, -0.15) is 0 Å². The van der Waals surface area contributed by atoms with Crippen LogP contribution in [0.15, 0.2) is 28.7 Å². The number of furan rings is 1. The van der Waals surface area contributed by atoms with Crippen LogP contribution < -0.4 is 5.73 Å². The van der Waals surface area contributed by atoms with Crippen molar-refractivity contribution < 1.29 is 4.42 Å². The predicted octanol–water partition coefficient (Wildman–Crippen LogP) is 2.42. The SMILES string of the molecule is CN(C)C1CCN(Cc2c(CN)oc3ccccc23)CC1. The van der Waals surface area contributed by atoms with Crippen LogP contribution in [-0.2, 0) is 13.1 Å². The average molecular weight is 287 g/mol. The number of rotatable bonds is 4. The summed E-state index contributed by atoms with van der Waals surface area (Å²) in [6.45, 7) is 3.71. The number of nitrogens with two attached hydrogens (primary N) is 1. The topological polar surface area (TPSA) is 45.6 Å². The van der Waals surface area contributed by atoms with E-state index in [0.29, 0.717) is 6.54 Å². The van der Waals surface area contributed by atoms with Crippen molar-refractivity contribution in [3.05, 3.63) is 35.6 Å². The third-order valence-corrected chi connectivity index (χ3v) is 4.64. The summed E-state index contributed by atoms with van der Waals surface area (Å²) in [5.41, 5.74) is 8.09. The molecule has 0 radical (unpaired) electrons. The lowest BCUT2D eigenvalue weighted by Gasteiger charge is -2.35. The molecule has 0 saturated carbocycles. The zero-order chi connectivity index (χ0) is 14.8. The minimum atomic E-state index is 0.470. The summed E-state index contributed by atoms with van der Waals surface area (Å²) in [6, 6.07) is 8.96. The molecule has 2 N–H and O–H groups in total. The lowest BCUT2D eigenvalue weighted by atomic mass is 10.0. The first-order valence-electron chi connectivity index (χ1n) is 7.77. The van der Waals surface area contributed by atoms with E-state index in [2.05, 4.69) is 36.0 Å². The molecule has 0 amide bonds. The van der Waals surface area contributed by atoms with E-state index in [4.69, 9.17) is 10.2 Å². The number of piperidine rings is 1. The second-order valence-electron chi connectivity index (χ2n) is 6.18. The summed E-state index contributed by atoms with van der Waals surface area (Å²) in [5.74, 6) is 0.936. The second kappa shape index (κ2) is 6.18. The van der Waals surface area contributed by atoms with Gasteiger partial charge in [-0.1, -0.05) is 18.2 Å². The summed E-state index contributed by atoms with van der Waals surface area (Å²) >= 11 is 0. The highest BCUT2D eigenvalue weighted by atomic mass is 16.3. The number of fused-ring (bicyclic) bond motifs is 1. The number of para-hydroxylation sites is 1. The van der Waals surface area contributed by atoms with Gasteiger partial charge in [-0.05, 0) is 46.1 Å². The number of hydrogen-bond acceptors (Lipinski definition) is 4. The maximum absolute atomic E-state index is 5.89. The molecule has 3 rings (SSSR count). The Bertz CT molecular complexity index is 597. The highest BCUT2D eigenvalue weighted by Gasteiger charge is 2.22. The molecule has 1 aliphatic heterocycles. The normalized spacial score (nSPS) is 17.9. The lowest BCUT2D eigenvalue weighted by molar-refractivity contribution is 0.139. The molecule has 0 unspecified atom stereocenters. The van der Waals surface area contributed by atoms with Gasteiger partial charge in [-0.3, -0.25) is 4.90 Å². The Hall–Kier alpha value is -1.36. The first kappa shape index (κ1) is 14.6. The Morgan fingerprint density at radius 1 is 1.24 bits per heavy atom. The standard InChI is InChI=1S/C17H25N3O/c1-19(2)13-7-9-20(10-8-13)12-15-14-5-3-4-6-16(14)21-17(15)11-18/h3-6,13H,7-12,18H2,1-2H3. The molecule has 0 spiro atoms. The minimum absolute atomic E-state index is 0.470. The van der Waals surface area contributed by atoms with Gasteiger partial charge in [0.15, 0.2) is 0 Å². The van der Waals surface area contributed by atoms with Gasteiger partial charge < -0.3 is 15.1 Å². The zero-order valence-electron chi connectivity index (χ0n) is 13.0. The van der Waals surface area contributed by atoms with Crippen LogP contribution >= 0.6 is 0 Å². The van der Waals surface area contributed by atoms with Crippen molar-refractivity contribution in [1.82, 2.24) is 9.80 Å². The van der Waals surface area contributed by atoms with Crippen LogP contribution in [0.1, 0.15) is 24.2 Å². The minimum Gasteiger partial charge on any atom is -0.459 e. The molecule has 2 aromatic rings. The van der Waals surface area contributed by atoms with Crippen molar-refractivity contribution in [2.24, 2.45) is 5.73 Å². The third kappa shape index (κ3) is 2.98. The Balaban J connectivity index is 1.76. The van der Waals surface area contributed by atoms with E-state index in [0.717, 1.165) is 37.0 Å². The third-order valence-electron chi connectivity index (χ3n) is 4.64. The molecule has 4 heteroatoms. The molecule has 0 atom stereocenters. The van der Waals surface area contributed by atoms with Crippen molar-refractivity contribution in [2.45, 2.75) is 32.0 Å². The fraction of sp³-hybridized carbons (Fsp3) is 0.529. The summed E-state index contributed by atoms with van der Waals surface area (Å²) in [5, 5.41) is 1.22. The van der Waals surface area contributed by atoms with E-state index in [1.807, 2.05) is 12.1 Å². The Labute approximate surface area is 126 Å². The van der Waals surface area contributed by atoms with Gasteiger partial charge in [-0.25, -0.2) is 0 Å². The van der Waals surface area contributed by atoms with Crippen LogP contribution in [0.4, 0.5) is 0 Å². The van der Waals surface area contributed by atoms with Gasteiger partial charge in [0.2, 0.25) is 0 Å². The molecule has 1 fully saturated rings. The van der Waals surface area contributed by atoms with E-state index >= 15 is 0 Å². The summed E-state index contributed by atoms with van der Waals surface area (Å²) in [6.07, 6.45) is 2.47. The van der Waals surface area contributed by atoms with Crippen molar-refractivity contribution in [3.63, 3.8) is 0 Å². The lowest BCUT2D eigenvalue weighted by Crippen LogP contribution is -2.41. The first-order chi connectivity index (χ1) is 10.2. The quantitative estimate of drug-likeness (QED) is 0.938. The molecule has 0 aliphatic carbocycles. The van der Waals surface area contributed by atoms with Crippen LogP contribution in [-0.4, -0.2) is 43.0 Å². The van der Waals surface area contributed by atoms with Crippen LogP contribution in [0.2, 0.25) is 0 Å². The molecule has 2 heterocycles. The van der Waals surface area contributed by atoms with Crippen molar-refractivity contribution >= 4 is 11.0 Å². The molecule has 4 nitrogen and oxygen atoms in total. The molecular formula is C17H25N3O. The Kier molecular flexibility index (Phi) is 4.29. The van der Waals surface area contributed by atoms with Crippen LogP contribution in [0, 0.1) is 0 Å². The van der Waals surface area contributed by atoms with E-state index in [1.165, 1.54) is 23.8 Å². The maximum atomic E-state index is 5.89. The number of likely N-dealkylation sites (tertiary alicyclic amines) is 1. The van der Waals surface area contributed by atoms with Gasteiger partial charge in [0.1, 0.15) is 11.3 Å². The van der Waals surface area contributed by atoms with Gasteiger partial charge in [0.05, 0.1) is 6.54 Å². The molecule has 1 aliphatic rings. The number of hydrogen-bond donors (Lipinski definition) is 1. The van der Waals surface area contributed by atoms with Crippen LogP contribution in [0.25, 0.3) is 11.0 Å². The number of benzene rings is 1. The second-order valence-corrected chi connectivity index (χ2v) is 6.18. The largest absolute Gasteiger partial charge is 0.459 e. The van der Waals surface area contributed by atoms with Crippen molar-refractivity contribution in [2.75, 3.05) is 27.2 Å². The van der Waals surface area contributed by atoms with E-state index in [-0.39, 0.29) is 0 Å². The first-order valence-corrected chi connectivity index (χ1v) is 7.77. The molecule has 1 aromatic heterocycles. The van der Waals surface area contributed by atoms with E-state index < -0.39 is 0 Å². The summed E-state index contributed by atoms with van der Waals surface area (Å²) < 4.78 is 5.89. The van der Waals surface area contributed by atoms with Gasteiger partial charge in [0, 0.05) is 23.5 Å². The smallest absolute Gasteiger partial charge is 0.134 e. The maximum Gasteiger partial charge on any atom is 0.134 e. The Morgan fingerprint density at radius 2 is 1.95 bits per heavy atom. The van der Waals surface area contributed by atoms with E-state index in [9.17, 15) is 0 Å². The zero-order valence-corrected chi connectivity index (χ0v) is 13.0. The highest BCUT2D eigenvalue weighted by Crippen LogP contribution is 2.28. The van der Waals surface area contributed by atoms with Crippen LogP contribution in [0.5, 0.6) is 0 Å². The molecule has 1 saturated heterocycles. The average Bonchev–Trinajstić information content (AvgIpc) is 2.86. The van der Waals surface area contributed by atoms with E-state index in [1.54, 1.807) is 0 Å². The summed E-state index contributed by atoms with van der Waals surface area (Å²) in [4.78, 5) is 4.87. The molecule has 114 valence electrons. The van der Waals surface area contributed by atoms with Crippen LogP contribution in [0.3, 0.4) is 0 Å². The monoisotopic (exact) mass is 287 g/mol. The van der Waals surface area contributed by atoms with Gasteiger partial charge in [0.25, 0.3) is 0 Å². The van der Waals surface area contributed by atoms with Gasteiger partial charge in [-0.15, -0.1) is 0 Å². The Morgan fingerprint density at radius 3 is 2.62 bits per heavy atom. The molecule has 1 aromatic carbocycles. The molecule has 0 bridgehead atoms. The predicted molar refractivity (Wildman–Crippen MR) is 86.1 cm³/mol. The number of nitrogens with zero attached hydrogens (tertiary/aromatic N) is 2. The fourth-order valence-electron chi connectivity index (χ4n) is 3.31.